The summed E-state index contributed by atoms with van der Waals surface area (Å²) in [6.45, 7) is 2.07. The second kappa shape index (κ2) is 5.85. The molecule has 0 bridgehead atoms. The zero-order chi connectivity index (χ0) is 16.8. The first-order chi connectivity index (χ1) is 10.8. The van der Waals surface area contributed by atoms with Crippen LogP contribution in [0.25, 0.3) is 0 Å². The predicted molar refractivity (Wildman–Crippen MR) is 92.1 cm³/mol. The number of fused-ring (bicyclic) bond motifs is 1. The van der Waals surface area contributed by atoms with Crippen molar-refractivity contribution in [2.24, 2.45) is 0 Å². The molecule has 3 rings (SSSR count). The Morgan fingerprint density at radius 1 is 1.26 bits per heavy atom. The van der Waals surface area contributed by atoms with E-state index in [1.165, 1.54) is 18.2 Å². The van der Waals surface area contributed by atoms with Gasteiger partial charge in [-0.2, -0.15) is 0 Å². The molecule has 0 aliphatic carbocycles. The number of hydrogen-bond donors (Lipinski definition) is 0. The summed E-state index contributed by atoms with van der Waals surface area (Å²) in [6, 6.07) is 8.79. The van der Waals surface area contributed by atoms with Crippen LogP contribution >= 0.6 is 15.9 Å². The number of rotatable bonds is 2. The van der Waals surface area contributed by atoms with Crippen LogP contribution in [0.1, 0.15) is 12.5 Å². The number of halogens is 3. The number of nitrogens with zero attached hydrogens (tertiary/aromatic N) is 2. The van der Waals surface area contributed by atoms with Crippen LogP contribution in [-0.2, 0) is 6.54 Å². The zero-order valence-electron chi connectivity index (χ0n) is 12.9. The number of hydrogen-bond acceptors (Lipinski definition) is 2. The van der Waals surface area contributed by atoms with E-state index in [2.05, 4.69) is 15.9 Å². The van der Waals surface area contributed by atoms with E-state index in [1.54, 1.807) is 6.07 Å². The lowest BCUT2D eigenvalue weighted by Crippen LogP contribution is -2.57. The van der Waals surface area contributed by atoms with Gasteiger partial charge < -0.3 is 14.8 Å². The van der Waals surface area contributed by atoms with E-state index >= 15 is 0 Å². The molecule has 1 aliphatic rings. The molecule has 0 saturated carbocycles. The Bertz CT molecular complexity index is 735. The van der Waals surface area contributed by atoms with Crippen molar-refractivity contribution in [3.05, 3.63) is 63.3 Å². The third-order valence-electron chi connectivity index (χ3n) is 4.46. The molecule has 3 nitrogen and oxygen atoms in total. The molecule has 2 unspecified atom stereocenters. The topological polar surface area (TPSA) is 26.3 Å². The quantitative estimate of drug-likeness (QED) is 0.561. The van der Waals surface area contributed by atoms with Gasteiger partial charge in [0.15, 0.2) is 5.69 Å². The van der Waals surface area contributed by atoms with Crippen molar-refractivity contribution < 1.29 is 8.78 Å². The summed E-state index contributed by atoms with van der Waals surface area (Å²) < 4.78 is 28.0. The van der Waals surface area contributed by atoms with Gasteiger partial charge in [0.2, 0.25) is 0 Å². The smallest absolute Gasteiger partial charge is 0.158 e. The molecule has 0 saturated heterocycles. The van der Waals surface area contributed by atoms with Gasteiger partial charge in [0.25, 0.3) is 0 Å². The fourth-order valence-corrected chi connectivity index (χ4v) is 3.49. The van der Waals surface area contributed by atoms with Crippen molar-refractivity contribution in [3.63, 3.8) is 0 Å². The highest BCUT2D eigenvalue weighted by molar-refractivity contribution is 9.10. The summed E-state index contributed by atoms with van der Waals surface area (Å²) in [6.07, 6.45) is 0. The van der Waals surface area contributed by atoms with E-state index in [0.717, 1.165) is 10.2 Å². The van der Waals surface area contributed by atoms with Crippen LogP contribution in [0.3, 0.4) is 0 Å². The van der Waals surface area contributed by atoms with Crippen LogP contribution in [-0.4, -0.2) is 19.6 Å². The van der Waals surface area contributed by atoms with Gasteiger partial charge in [-0.3, -0.25) is 0 Å². The molecular formula is C17H17BrF2N2O. The van der Waals surface area contributed by atoms with Crippen molar-refractivity contribution in [1.29, 1.82) is 0 Å². The lowest BCUT2D eigenvalue weighted by atomic mass is 10.0. The van der Waals surface area contributed by atoms with Gasteiger partial charge in [0.05, 0.1) is 17.8 Å². The minimum absolute atomic E-state index is 0.162. The summed E-state index contributed by atoms with van der Waals surface area (Å²) in [4.78, 5) is 2.00. The maximum absolute atomic E-state index is 14.0. The number of quaternary nitrogens is 1. The Kier molecular flexibility index (Phi) is 4.16. The molecule has 0 N–H and O–H groups in total. The van der Waals surface area contributed by atoms with Crippen LogP contribution in [0.15, 0.2) is 40.9 Å². The normalized spacial score (nSPS) is 23.7. The van der Waals surface area contributed by atoms with Crippen molar-refractivity contribution in [3.8, 4) is 0 Å². The second-order valence-electron chi connectivity index (χ2n) is 6.02. The van der Waals surface area contributed by atoms with Gasteiger partial charge in [0, 0.05) is 17.6 Å². The Hall–Kier alpha value is -1.50. The number of anilines is 1. The first-order valence-electron chi connectivity index (χ1n) is 7.36. The molecule has 0 spiro atoms. The highest BCUT2D eigenvalue weighted by Gasteiger charge is 2.38. The molecule has 0 aromatic heterocycles. The SMILES string of the molecule is CC1CN(C)c2ccc(Br)cc2[N+]1([O-])Cc1c(F)cccc1F. The molecule has 23 heavy (non-hydrogen) atoms. The van der Waals surface area contributed by atoms with E-state index in [1.807, 2.05) is 31.0 Å². The molecule has 122 valence electrons. The lowest BCUT2D eigenvalue weighted by Gasteiger charge is -2.52. The van der Waals surface area contributed by atoms with E-state index in [-0.39, 0.29) is 18.2 Å². The third kappa shape index (κ3) is 2.75. The van der Waals surface area contributed by atoms with Crippen molar-refractivity contribution in [2.45, 2.75) is 19.5 Å². The summed E-state index contributed by atoms with van der Waals surface area (Å²) in [7, 11) is 1.91. The molecule has 0 amide bonds. The van der Waals surface area contributed by atoms with E-state index in [4.69, 9.17) is 0 Å². The van der Waals surface area contributed by atoms with E-state index < -0.39 is 16.3 Å². The van der Waals surface area contributed by atoms with Gasteiger partial charge in [-0.15, -0.1) is 0 Å². The monoisotopic (exact) mass is 382 g/mol. The maximum Gasteiger partial charge on any atom is 0.158 e. The number of likely N-dealkylation sites (N-methyl/N-ethyl adjacent to an activating group) is 1. The number of benzene rings is 2. The summed E-state index contributed by atoms with van der Waals surface area (Å²) in [5, 5.41) is 13.6. The van der Waals surface area contributed by atoms with Crippen LogP contribution < -0.4 is 9.55 Å². The second-order valence-corrected chi connectivity index (χ2v) is 6.93. The first kappa shape index (κ1) is 16.4. The van der Waals surface area contributed by atoms with E-state index in [9.17, 15) is 14.0 Å². The minimum atomic E-state index is -0.781. The van der Waals surface area contributed by atoms with Gasteiger partial charge in [-0.25, -0.2) is 8.78 Å². The molecule has 2 aromatic carbocycles. The third-order valence-corrected chi connectivity index (χ3v) is 4.95. The van der Waals surface area contributed by atoms with Gasteiger partial charge in [0.1, 0.15) is 24.2 Å². The highest BCUT2D eigenvalue weighted by atomic mass is 79.9. The average Bonchev–Trinajstić information content (AvgIpc) is 2.49. The molecule has 1 aliphatic heterocycles. The molecule has 2 aromatic rings. The minimum Gasteiger partial charge on any atom is -0.627 e. The summed E-state index contributed by atoms with van der Waals surface area (Å²) in [5.74, 6) is -1.36. The lowest BCUT2D eigenvalue weighted by molar-refractivity contribution is 0.268. The maximum atomic E-state index is 14.0. The van der Waals surface area contributed by atoms with Crippen LogP contribution in [0, 0.1) is 16.8 Å². The van der Waals surface area contributed by atoms with Gasteiger partial charge in [-0.1, -0.05) is 22.0 Å². The fraction of sp³-hybridized carbons (Fsp3) is 0.294. The summed E-state index contributed by atoms with van der Waals surface area (Å²) >= 11 is 3.38. The average molecular weight is 383 g/mol. The molecule has 6 heteroatoms. The van der Waals surface area contributed by atoms with Crippen molar-refractivity contribution in [2.75, 3.05) is 18.5 Å². The van der Waals surface area contributed by atoms with Crippen molar-refractivity contribution in [1.82, 2.24) is 4.65 Å². The molecule has 1 heterocycles. The number of hydroxylamine groups is 2. The molecule has 0 radical (unpaired) electrons. The standard InChI is InChI=1S/C17H17BrF2N2O/c1-11-9-21(2)16-7-6-12(18)8-17(16)22(11,23)10-13-14(19)4-3-5-15(13)20/h3-8,11H,9-10H2,1-2H3. The molecule has 0 fully saturated rings. The fourth-order valence-electron chi connectivity index (χ4n) is 3.15. The predicted octanol–water partition coefficient (Wildman–Crippen LogP) is 4.57. The molecule has 2 atom stereocenters. The Labute approximate surface area is 142 Å². The first-order valence-corrected chi connectivity index (χ1v) is 8.15. The Balaban J connectivity index is 2.13. The summed E-state index contributed by atoms with van der Waals surface area (Å²) in [5.41, 5.74) is 1.14. The van der Waals surface area contributed by atoms with Crippen LogP contribution in [0.2, 0.25) is 0 Å². The highest BCUT2D eigenvalue weighted by Crippen LogP contribution is 2.42. The van der Waals surface area contributed by atoms with Crippen molar-refractivity contribution >= 4 is 27.3 Å². The van der Waals surface area contributed by atoms with Gasteiger partial charge >= 0.3 is 0 Å². The Morgan fingerprint density at radius 3 is 2.57 bits per heavy atom. The Morgan fingerprint density at radius 2 is 1.91 bits per heavy atom. The molecular weight excluding hydrogens is 366 g/mol. The van der Waals surface area contributed by atoms with Crippen LogP contribution in [0.5, 0.6) is 0 Å². The van der Waals surface area contributed by atoms with Crippen LogP contribution in [0.4, 0.5) is 20.2 Å². The zero-order valence-corrected chi connectivity index (χ0v) is 14.5. The van der Waals surface area contributed by atoms with Gasteiger partial charge in [-0.05, 0) is 31.2 Å². The largest absolute Gasteiger partial charge is 0.627 e. The van der Waals surface area contributed by atoms with E-state index in [0.29, 0.717) is 12.2 Å².